The fraction of sp³-hybridized carbons (Fsp3) is 0.0645. The highest BCUT2D eigenvalue weighted by molar-refractivity contribution is 5.92. The summed E-state index contributed by atoms with van der Waals surface area (Å²) in [6, 6.07) is 85.2. The lowest BCUT2D eigenvalue weighted by molar-refractivity contribution is 0.488. The summed E-state index contributed by atoms with van der Waals surface area (Å²) in [6.45, 7) is 0. The molecule has 9 aromatic carbocycles. The minimum Gasteiger partial charge on any atom is -0.458 e. The van der Waals surface area contributed by atoms with Crippen LogP contribution in [0.1, 0.15) is 68.3 Å². The molecule has 0 saturated carbocycles. The number of rotatable bonds is 7. The molecule has 0 fully saturated rings. The quantitative estimate of drug-likeness (QED) is 0.159. The molecule has 0 bridgehead atoms. The van der Waals surface area contributed by atoms with Crippen LogP contribution < -0.4 is 4.90 Å². The lowest BCUT2D eigenvalue weighted by Crippen LogP contribution is -2.29. The van der Waals surface area contributed by atoms with Crippen molar-refractivity contribution in [3.05, 3.63) is 292 Å². The van der Waals surface area contributed by atoms with Crippen molar-refractivity contribution in [2.24, 2.45) is 0 Å². The Morgan fingerprint density at radius 2 is 0.828 bits per heavy atom. The molecule has 10 aromatic rings. The lowest BCUT2D eigenvalue weighted by Gasteiger charge is -2.37. The first kappa shape index (κ1) is 36.7. The predicted molar refractivity (Wildman–Crippen MR) is 262 cm³/mol. The second-order valence-electron chi connectivity index (χ2n) is 17.4. The molecule has 2 heteroatoms. The molecule has 0 amide bonds. The fourth-order valence-electron chi connectivity index (χ4n) is 11.8. The van der Waals surface area contributed by atoms with Crippen LogP contribution in [-0.2, 0) is 10.8 Å². The van der Waals surface area contributed by atoms with Gasteiger partial charge in [0, 0.05) is 22.3 Å². The normalized spacial score (nSPS) is 15.8. The van der Waals surface area contributed by atoms with Gasteiger partial charge in [0.1, 0.15) is 11.3 Å². The van der Waals surface area contributed by atoms with Crippen LogP contribution in [0.3, 0.4) is 0 Å². The first-order valence-corrected chi connectivity index (χ1v) is 22.4. The summed E-state index contributed by atoms with van der Waals surface area (Å²) in [5, 5.41) is 1.15. The van der Waals surface area contributed by atoms with E-state index >= 15 is 0 Å². The Morgan fingerprint density at radius 1 is 0.391 bits per heavy atom. The molecule has 0 spiro atoms. The van der Waals surface area contributed by atoms with Gasteiger partial charge < -0.3 is 9.32 Å². The van der Waals surface area contributed by atoms with Gasteiger partial charge in [0.15, 0.2) is 0 Å². The Kier molecular flexibility index (Phi) is 8.20. The van der Waals surface area contributed by atoms with E-state index in [9.17, 15) is 0 Å². The third kappa shape index (κ3) is 5.08. The highest BCUT2D eigenvalue weighted by atomic mass is 16.3. The van der Waals surface area contributed by atoms with Gasteiger partial charge in [-0.25, -0.2) is 0 Å². The van der Waals surface area contributed by atoms with Gasteiger partial charge in [0.2, 0.25) is 0 Å². The second-order valence-corrected chi connectivity index (χ2v) is 17.4. The van der Waals surface area contributed by atoms with Crippen molar-refractivity contribution in [2.45, 2.75) is 23.3 Å². The zero-order valence-electron chi connectivity index (χ0n) is 35.2. The van der Waals surface area contributed by atoms with E-state index in [0.717, 1.165) is 40.1 Å². The summed E-state index contributed by atoms with van der Waals surface area (Å²) in [5.41, 5.74) is 18.7. The van der Waals surface area contributed by atoms with Gasteiger partial charge in [-0.15, -0.1) is 0 Å². The molecule has 302 valence electrons. The minimum atomic E-state index is -0.479. The maximum absolute atomic E-state index is 6.89. The average Bonchev–Trinajstić information content (AvgIpc) is 4.01. The van der Waals surface area contributed by atoms with Gasteiger partial charge in [-0.05, 0) is 104 Å². The van der Waals surface area contributed by atoms with Crippen LogP contribution in [0.15, 0.2) is 241 Å². The lowest BCUT2D eigenvalue weighted by atomic mass is 9.67. The summed E-state index contributed by atoms with van der Waals surface area (Å²) < 4.78 is 6.89. The molecule has 1 atom stereocenters. The van der Waals surface area contributed by atoms with Crippen LogP contribution in [0.5, 0.6) is 0 Å². The molecule has 2 nitrogen and oxygen atoms in total. The monoisotopic (exact) mass is 817 g/mol. The van der Waals surface area contributed by atoms with Crippen molar-refractivity contribution in [3.8, 4) is 22.3 Å². The van der Waals surface area contributed by atoms with Crippen LogP contribution >= 0.6 is 0 Å². The maximum Gasteiger partial charge on any atom is 0.135 e. The van der Waals surface area contributed by atoms with E-state index in [1.165, 1.54) is 66.8 Å². The van der Waals surface area contributed by atoms with Crippen molar-refractivity contribution in [2.75, 3.05) is 4.90 Å². The number of nitrogens with zero attached hydrogens (tertiary/aromatic N) is 1. The summed E-state index contributed by atoms with van der Waals surface area (Å²) in [5.74, 6) is 0.996. The summed E-state index contributed by atoms with van der Waals surface area (Å²) in [4.78, 5) is 2.54. The molecule has 0 radical (unpaired) electrons. The number of hydrogen-bond donors (Lipinski definition) is 0. The van der Waals surface area contributed by atoms with E-state index < -0.39 is 10.8 Å². The van der Waals surface area contributed by atoms with Crippen LogP contribution in [0.2, 0.25) is 0 Å². The molecule has 64 heavy (non-hydrogen) atoms. The van der Waals surface area contributed by atoms with Crippen LogP contribution in [0, 0.1) is 0 Å². The molecule has 13 rings (SSSR count). The molecule has 1 heterocycles. The van der Waals surface area contributed by atoms with Crippen molar-refractivity contribution < 1.29 is 4.42 Å². The summed E-state index contributed by atoms with van der Waals surface area (Å²) in [6.07, 6.45) is 5.38. The maximum atomic E-state index is 6.89. The second kappa shape index (κ2) is 14.3. The van der Waals surface area contributed by atoms with Crippen molar-refractivity contribution in [1.82, 2.24) is 0 Å². The molecule has 0 aliphatic heterocycles. The zero-order chi connectivity index (χ0) is 42.2. The highest BCUT2D eigenvalue weighted by Gasteiger charge is 2.48. The topological polar surface area (TPSA) is 16.4 Å². The standard InChI is InChI=1S/C62H43NO/c1-4-19-42(20-5-1)61(43-21-6-2-7-22-43)56-32-16-12-27-50(56)53-41-47(39-40-57(53)61)63(58-33-18-29-52-51-28-13-17-34-59(51)64-60(52)58)46-37-35-45(36-38-46)62(44-23-8-3-9-24-44)54-30-14-10-25-48(54)49-26-11-15-31-55(49)62/h1-32,34-41,58H,33H2. The Bertz CT molecular complexity index is 3330. The van der Waals surface area contributed by atoms with Gasteiger partial charge in [-0.3, -0.25) is 0 Å². The molecule has 1 aromatic heterocycles. The van der Waals surface area contributed by atoms with Gasteiger partial charge in [-0.2, -0.15) is 0 Å². The van der Waals surface area contributed by atoms with Crippen molar-refractivity contribution >= 4 is 28.4 Å². The Balaban J connectivity index is 1.03. The van der Waals surface area contributed by atoms with Gasteiger partial charge in [0.25, 0.3) is 0 Å². The molecule has 1 unspecified atom stereocenters. The number of para-hydroxylation sites is 1. The minimum absolute atomic E-state index is 0.0861. The van der Waals surface area contributed by atoms with E-state index in [1.807, 2.05) is 0 Å². The Hall–Kier alpha value is -7.94. The Morgan fingerprint density at radius 3 is 1.39 bits per heavy atom. The number of fused-ring (bicyclic) bond motifs is 9. The number of hydrogen-bond acceptors (Lipinski definition) is 2. The van der Waals surface area contributed by atoms with Gasteiger partial charge >= 0.3 is 0 Å². The first-order chi connectivity index (χ1) is 31.8. The molecule has 0 N–H and O–H groups in total. The summed E-state index contributed by atoms with van der Waals surface area (Å²) >= 11 is 0. The first-order valence-electron chi connectivity index (χ1n) is 22.4. The van der Waals surface area contributed by atoms with Gasteiger partial charge in [0.05, 0.1) is 16.9 Å². The van der Waals surface area contributed by atoms with E-state index in [4.69, 9.17) is 4.42 Å². The van der Waals surface area contributed by atoms with Crippen LogP contribution in [0.4, 0.5) is 11.4 Å². The Labute approximate surface area is 374 Å². The van der Waals surface area contributed by atoms with Crippen LogP contribution in [0.25, 0.3) is 39.3 Å². The largest absolute Gasteiger partial charge is 0.458 e. The highest BCUT2D eigenvalue weighted by Crippen LogP contribution is 2.59. The van der Waals surface area contributed by atoms with E-state index in [2.05, 4.69) is 248 Å². The van der Waals surface area contributed by atoms with Crippen molar-refractivity contribution in [3.63, 3.8) is 0 Å². The third-order valence-corrected chi connectivity index (χ3v) is 14.4. The van der Waals surface area contributed by atoms with E-state index in [1.54, 1.807) is 0 Å². The molecule has 0 saturated heterocycles. The molecular weight excluding hydrogens is 775 g/mol. The molecule has 3 aliphatic rings. The number of furan rings is 1. The smallest absolute Gasteiger partial charge is 0.135 e. The average molecular weight is 818 g/mol. The predicted octanol–water partition coefficient (Wildman–Crippen LogP) is 15.5. The molecule has 3 aliphatic carbocycles. The number of anilines is 2. The fourth-order valence-corrected chi connectivity index (χ4v) is 11.8. The molecular formula is C62H43NO. The van der Waals surface area contributed by atoms with Crippen molar-refractivity contribution in [1.29, 1.82) is 0 Å². The van der Waals surface area contributed by atoms with E-state index in [0.29, 0.717) is 0 Å². The van der Waals surface area contributed by atoms with Gasteiger partial charge in [-0.1, -0.05) is 212 Å². The van der Waals surface area contributed by atoms with E-state index in [-0.39, 0.29) is 6.04 Å². The zero-order valence-corrected chi connectivity index (χ0v) is 35.2. The summed E-state index contributed by atoms with van der Waals surface area (Å²) in [7, 11) is 0. The third-order valence-electron chi connectivity index (χ3n) is 14.4. The van der Waals surface area contributed by atoms with Crippen LogP contribution in [-0.4, -0.2) is 0 Å². The number of benzene rings is 9. The SMILES string of the molecule is C1=Cc2c(oc3ccccc23)C(N(c2ccc(C3(c4ccccc4)c4ccccc4-c4ccccc43)cc2)c2ccc3c(c2)-c2ccccc2C3(c2ccccc2)c2ccccc2)C1.